The lowest BCUT2D eigenvalue weighted by Gasteiger charge is -2.16. The molecule has 0 spiro atoms. The summed E-state index contributed by atoms with van der Waals surface area (Å²) in [6.07, 6.45) is 0. The molecule has 0 aliphatic carbocycles. The maximum Gasteiger partial charge on any atom is 0.189 e. The van der Waals surface area contributed by atoms with Gasteiger partial charge in [0, 0.05) is 30.9 Å². The van der Waals surface area contributed by atoms with E-state index in [9.17, 15) is 0 Å². The molecule has 1 heterocycles. The highest BCUT2D eigenvalue weighted by atomic mass is 35.5. The minimum Gasteiger partial charge on any atom is -0.377 e. The van der Waals surface area contributed by atoms with Crippen LogP contribution in [0.5, 0.6) is 0 Å². The van der Waals surface area contributed by atoms with E-state index in [2.05, 4.69) is 33.1 Å². The lowest BCUT2D eigenvalue weighted by atomic mass is 10.2. The molecule has 0 bridgehead atoms. The second kappa shape index (κ2) is 6.55. The van der Waals surface area contributed by atoms with Gasteiger partial charge in [0.25, 0.3) is 0 Å². The van der Waals surface area contributed by atoms with Crippen LogP contribution in [0.4, 0.5) is 5.69 Å². The van der Waals surface area contributed by atoms with Crippen LogP contribution in [0.3, 0.4) is 0 Å². The van der Waals surface area contributed by atoms with E-state index in [1.807, 2.05) is 44.4 Å². The Morgan fingerprint density at radius 1 is 1.00 bits per heavy atom. The summed E-state index contributed by atoms with van der Waals surface area (Å²) in [5.74, 6) is 0.809. The number of halogens is 1. The minimum absolute atomic E-state index is 0.508. The van der Waals surface area contributed by atoms with Crippen LogP contribution in [0.2, 0.25) is 5.15 Å². The van der Waals surface area contributed by atoms with E-state index in [0.29, 0.717) is 10.3 Å². The summed E-state index contributed by atoms with van der Waals surface area (Å²) in [5, 5.41) is 2.11. The molecule has 0 fully saturated rings. The lowest BCUT2D eigenvalue weighted by Crippen LogP contribution is -2.10. The number of para-hydroxylation sites is 2. The lowest BCUT2D eigenvalue weighted by molar-refractivity contribution is 1.00. The number of anilines is 1. The van der Waals surface area contributed by atoms with Crippen molar-refractivity contribution < 1.29 is 0 Å². The summed E-state index contributed by atoms with van der Waals surface area (Å²) in [7, 11) is 4.10. The molecule has 0 saturated heterocycles. The van der Waals surface area contributed by atoms with Crippen molar-refractivity contribution in [2.75, 3.05) is 19.0 Å². The SMILES string of the molecule is CN(C)c1ccccc1CSc1nc(Cl)c2ccccc2n1. The Labute approximate surface area is 139 Å². The van der Waals surface area contributed by atoms with Crippen LogP contribution in [0, 0.1) is 0 Å². The van der Waals surface area contributed by atoms with Gasteiger partial charge in [0.2, 0.25) is 0 Å². The number of benzene rings is 2. The average molecular weight is 330 g/mol. The van der Waals surface area contributed by atoms with E-state index in [-0.39, 0.29) is 0 Å². The highest BCUT2D eigenvalue weighted by Crippen LogP contribution is 2.28. The molecular weight excluding hydrogens is 314 g/mol. The van der Waals surface area contributed by atoms with Crippen LogP contribution < -0.4 is 4.90 Å². The second-order valence-corrected chi connectivity index (χ2v) is 6.43. The van der Waals surface area contributed by atoms with E-state index in [0.717, 1.165) is 16.7 Å². The van der Waals surface area contributed by atoms with Crippen molar-refractivity contribution in [2.24, 2.45) is 0 Å². The monoisotopic (exact) mass is 329 g/mol. The van der Waals surface area contributed by atoms with Crippen molar-refractivity contribution in [1.82, 2.24) is 9.97 Å². The van der Waals surface area contributed by atoms with E-state index in [4.69, 9.17) is 11.6 Å². The van der Waals surface area contributed by atoms with Gasteiger partial charge >= 0.3 is 0 Å². The van der Waals surface area contributed by atoms with Crippen molar-refractivity contribution in [2.45, 2.75) is 10.9 Å². The number of thioether (sulfide) groups is 1. The van der Waals surface area contributed by atoms with Gasteiger partial charge in [0.05, 0.1) is 5.52 Å². The number of aromatic nitrogens is 2. The van der Waals surface area contributed by atoms with Crippen LogP contribution in [0.25, 0.3) is 10.9 Å². The van der Waals surface area contributed by atoms with Crippen molar-refractivity contribution in [3.05, 3.63) is 59.2 Å². The number of nitrogens with zero attached hydrogens (tertiary/aromatic N) is 3. The van der Waals surface area contributed by atoms with Gasteiger partial charge in [-0.3, -0.25) is 0 Å². The summed E-state index contributed by atoms with van der Waals surface area (Å²) in [6.45, 7) is 0. The quantitative estimate of drug-likeness (QED) is 0.396. The highest BCUT2D eigenvalue weighted by molar-refractivity contribution is 7.98. The van der Waals surface area contributed by atoms with Gasteiger partial charge in [-0.1, -0.05) is 53.7 Å². The smallest absolute Gasteiger partial charge is 0.189 e. The summed E-state index contributed by atoms with van der Waals surface area (Å²) < 4.78 is 0. The number of hydrogen-bond acceptors (Lipinski definition) is 4. The highest BCUT2D eigenvalue weighted by Gasteiger charge is 2.08. The van der Waals surface area contributed by atoms with Crippen molar-refractivity contribution in [1.29, 1.82) is 0 Å². The third-order valence-electron chi connectivity index (χ3n) is 3.37. The van der Waals surface area contributed by atoms with Crippen LogP contribution >= 0.6 is 23.4 Å². The Morgan fingerprint density at radius 2 is 1.73 bits per heavy atom. The molecular formula is C17H16ClN3S. The van der Waals surface area contributed by atoms with Gasteiger partial charge < -0.3 is 4.90 Å². The topological polar surface area (TPSA) is 29.0 Å². The molecule has 112 valence electrons. The Morgan fingerprint density at radius 3 is 2.55 bits per heavy atom. The molecule has 3 rings (SSSR count). The Bertz CT molecular complexity index is 805. The molecule has 0 atom stereocenters. The predicted molar refractivity (Wildman–Crippen MR) is 94.9 cm³/mol. The first-order valence-corrected chi connectivity index (χ1v) is 8.32. The van der Waals surface area contributed by atoms with Gasteiger partial charge in [0.1, 0.15) is 5.15 Å². The minimum atomic E-state index is 0.508. The van der Waals surface area contributed by atoms with Gasteiger partial charge in [-0.25, -0.2) is 9.97 Å². The van der Waals surface area contributed by atoms with Crippen LogP contribution in [0.15, 0.2) is 53.7 Å². The van der Waals surface area contributed by atoms with E-state index < -0.39 is 0 Å². The van der Waals surface area contributed by atoms with Crippen molar-refractivity contribution in [3.63, 3.8) is 0 Å². The first-order chi connectivity index (χ1) is 10.6. The zero-order valence-corrected chi connectivity index (χ0v) is 14.0. The van der Waals surface area contributed by atoms with Crippen LogP contribution in [-0.4, -0.2) is 24.1 Å². The number of hydrogen-bond donors (Lipinski definition) is 0. The number of fused-ring (bicyclic) bond motifs is 1. The molecule has 0 radical (unpaired) electrons. The third kappa shape index (κ3) is 3.18. The Hall–Kier alpha value is -1.78. The molecule has 5 heteroatoms. The van der Waals surface area contributed by atoms with Gasteiger partial charge in [-0.05, 0) is 23.8 Å². The normalized spacial score (nSPS) is 10.9. The van der Waals surface area contributed by atoms with E-state index in [1.54, 1.807) is 11.8 Å². The largest absolute Gasteiger partial charge is 0.377 e. The van der Waals surface area contributed by atoms with Gasteiger partial charge in [-0.15, -0.1) is 0 Å². The molecule has 0 aliphatic rings. The second-order valence-electron chi connectivity index (χ2n) is 5.13. The standard InChI is InChI=1S/C17H16ClN3S/c1-21(2)15-10-6-3-7-12(15)11-22-17-19-14-9-5-4-8-13(14)16(18)20-17/h3-10H,11H2,1-2H3. The first kappa shape index (κ1) is 15.1. The third-order valence-corrected chi connectivity index (χ3v) is 4.55. The molecule has 0 amide bonds. The van der Waals surface area contributed by atoms with Gasteiger partial charge in [0.15, 0.2) is 5.16 Å². The summed E-state index contributed by atoms with van der Waals surface area (Å²) >= 11 is 7.85. The maximum atomic E-state index is 6.25. The van der Waals surface area contributed by atoms with Crippen LogP contribution in [-0.2, 0) is 5.75 Å². The van der Waals surface area contributed by atoms with E-state index in [1.165, 1.54) is 11.3 Å². The first-order valence-electron chi connectivity index (χ1n) is 6.95. The Balaban J connectivity index is 1.86. The van der Waals surface area contributed by atoms with Crippen LogP contribution in [0.1, 0.15) is 5.56 Å². The number of rotatable bonds is 4. The zero-order valence-electron chi connectivity index (χ0n) is 12.5. The molecule has 0 unspecified atom stereocenters. The predicted octanol–water partition coefficient (Wildman–Crippen LogP) is 4.64. The summed E-state index contributed by atoms with van der Waals surface area (Å²) in [5.41, 5.74) is 3.35. The Kier molecular flexibility index (Phi) is 4.50. The summed E-state index contributed by atoms with van der Waals surface area (Å²) in [6, 6.07) is 16.1. The summed E-state index contributed by atoms with van der Waals surface area (Å²) in [4.78, 5) is 11.1. The molecule has 3 aromatic rings. The van der Waals surface area contributed by atoms with E-state index >= 15 is 0 Å². The fourth-order valence-electron chi connectivity index (χ4n) is 2.29. The average Bonchev–Trinajstić information content (AvgIpc) is 2.53. The molecule has 1 aromatic heterocycles. The zero-order chi connectivity index (χ0) is 15.5. The molecule has 3 nitrogen and oxygen atoms in total. The fourth-order valence-corrected chi connectivity index (χ4v) is 3.43. The maximum absolute atomic E-state index is 6.25. The molecule has 22 heavy (non-hydrogen) atoms. The van der Waals surface area contributed by atoms with Crippen molar-refractivity contribution in [3.8, 4) is 0 Å². The molecule has 0 aliphatic heterocycles. The molecule has 0 saturated carbocycles. The van der Waals surface area contributed by atoms with Crippen molar-refractivity contribution >= 4 is 40.0 Å². The molecule has 2 aromatic carbocycles. The fraction of sp³-hybridized carbons (Fsp3) is 0.176. The van der Waals surface area contributed by atoms with Gasteiger partial charge in [-0.2, -0.15) is 0 Å². The molecule has 0 N–H and O–H groups in total.